The lowest BCUT2D eigenvalue weighted by Gasteiger charge is -2.36. The van der Waals surface area contributed by atoms with E-state index in [0.717, 1.165) is 43.5 Å². The van der Waals surface area contributed by atoms with Gasteiger partial charge in [0.25, 0.3) is 11.8 Å². The Morgan fingerprint density at radius 3 is 2.32 bits per heavy atom. The number of hydrogen-bond donors (Lipinski definition) is 2. The minimum absolute atomic E-state index is 0.0588. The predicted molar refractivity (Wildman–Crippen MR) is 130 cm³/mol. The van der Waals surface area contributed by atoms with Crippen LogP contribution in [0.1, 0.15) is 78.0 Å². The van der Waals surface area contributed by atoms with Gasteiger partial charge in [-0.05, 0) is 62.1 Å². The molecule has 0 spiro atoms. The number of aromatic nitrogens is 1. The Balaban J connectivity index is 1.29. The topological polar surface area (TPSA) is 101 Å². The standard InChI is InChI=1S/C27H28F3N3O4/c28-27(29,30)19-13-11-18(12-14-19)23(35)33-26(15-5-1-6-16-26)25(36)31-17-7-4-9-21(34)24-32-20-8-2-3-10-22(20)37-24/h2-3,8,10-14H,1,4-7,9,15-17H2,(H,31,36)(H,33,35). The van der Waals surface area contributed by atoms with Crippen molar-refractivity contribution in [2.75, 3.05) is 6.54 Å². The number of nitrogens with one attached hydrogen (secondary N) is 2. The number of benzene rings is 2. The van der Waals surface area contributed by atoms with Crippen LogP contribution in [-0.4, -0.2) is 34.7 Å². The number of hydrogen-bond acceptors (Lipinski definition) is 5. The van der Waals surface area contributed by atoms with Crippen LogP contribution >= 0.6 is 0 Å². The van der Waals surface area contributed by atoms with Crippen LogP contribution in [0.3, 0.4) is 0 Å². The first-order chi connectivity index (χ1) is 17.7. The van der Waals surface area contributed by atoms with Gasteiger partial charge in [0.05, 0.1) is 5.56 Å². The van der Waals surface area contributed by atoms with Crippen molar-refractivity contribution >= 4 is 28.7 Å². The van der Waals surface area contributed by atoms with Crippen LogP contribution in [0.25, 0.3) is 11.1 Å². The number of ketones is 1. The fraction of sp³-hybridized carbons (Fsp3) is 0.407. The molecule has 1 fully saturated rings. The highest BCUT2D eigenvalue weighted by molar-refractivity contribution is 5.99. The number of halogens is 3. The third-order valence-corrected chi connectivity index (χ3v) is 6.62. The van der Waals surface area contributed by atoms with E-state index in [1.54, 1.807) is 18.2 Å². The molecule has 1 aromatic heterocycles. The van der Waals surface area contributed by atoms with E-state index in [-0.39, 0.29) is 29.6 Å². The van der Waals surface area contributed by atoms with Crippen molar-refractivity contribution in [3.63, 3.8) is 0 Å². The Labute approximate surface area is 211 Å². The third-order valence-electron chi connectivity index (χ3n) is 6.62. The molecule has 1 aliphatic carbocycles. The summed E-state index contributed by atoms with van der Waals surface area (Å²) >= 11 is 0. The molecule has 0 bridgehead atoms. The highest BCUT2D eigenvalue weighted by Crippen LogP contribution is 2.31. The Bertz CT molecular complexity index is 1230. The highest BCUT2D eigenvalue weighted by atomic mass is 19.4. The van der Waals surface area contributed by atoms with Crippen molar-refractivity contribution in [2.45, 2.75) is 63.1 Å². The Kier molecular flexibility index (Phi) is 7.94. The predicted octanol–water partition coefficient (Wildman–Crippen LogP) is 5.45. The first kappa shape index (κ1) is 26.4. The lowest BCUT2D eigenvalue weighted by molar-refractivity contribution is -0.137. The van der Waals surface area contributed by atoms with Crippen molar-refractivity contribution in [2.24, 2.45) is 0 Å². The van der Waals surface area contributed by atoms with Crippen LogP contribution < -0.4 is 10.6 Å². The average molecular weight is 516 g/mol. The number of amides is 2. The summed E-state index contributed by atoms with van der Waals surface area (Å²) in [5.74, 6) is -1.06. The van der Waals surface area contributed by atoms with Crippen LogP contribution in [0.2, 0.25) is 0 Å². The Morgan fingerprint density at radius 2 is 1.65 bits per heavy atom. The number of carbonyl (C=O) groups is 3. The quantitative estimate of drug-likeness (QED) is 0.292. The molecule has 196 valence electrons. The van der Waals surface area contributed by atoms with Gasteiger partial charge in [-0.3, -0.25) is 14.4 Å². The van der Waals surface area contributed by atoms with Gasteiger partial charge in [-0.2, -0.15) is 13.2 Å². The van der Waals surface area contributed by atoms with E-state index in [0.29, 0.717) is 43.3 Å². The van der Waals surface area contributed by atoms with E-state index >= 15 is 0 Å². The van der Waals surface area contributed by atoms with Crippen molar-refractivity contribution in [1.82, 2.24) is 15.6 Å². The second-order valence-electron chi connectivity index (χ2n) is 9.29. The van der Waals surface area contributed by atoms with Crippen LogP contribution in [0, 0.1) is 0 Å². The zero-order chi connectivity index (χ0) is 26.5. The molecular formula is C27H28F3N3O4. The van der Waals surface area contributed by atoms with E-state index in [2.05, 4.69) is 15.6 Å². The van der Waals surface area contributed by atoms with Gasteiger partial charge in [0, 0.05) is 18.5 Å². The molecule has 1 saturated carbocycles. The van der Waals surface area contributed by atoms with Gasteiger partial charge >= 0.3 is 6.18 Å². The van der Waals surface area contributed by atoms with E-state index in [4.69, 9.17) is 4.42 Å². The molecule has 2 aromatic carbocycles. The number of unbranched alkanes of at least 4 members (excludes halogenated alkanes) is 1. The molecule has 2 amide bonds. The summed E-state index contributed by atoms with van der Waals surface area (Å²) in [5.41, 5.74) is -0.734. The van der Waals surface area contributed by atoms with Crippen LogP contribution in [0.4, 0.5) is 13.2 Å². The largest absolute Gasteiger partial charge is 0.434 e. The number of carbonyl (C=O) groups excluding carboxylic acids is 3. The second-order valence-corrected chi connectivity index (χ2v) is 9.29. The first-order valence-electron chi connectivity index (χ1n) is 12.3. The zero-order valence-corrected chi connectivity index (χ0v) is 20.2. The molecular weight excluding hydrogens is 487 g/mol. The van der Waals surface area contributed by atoms with Gasteiger partial charge < -0.3 is 15.1 Å². The zero-order valence-electron chi connectivity index (χ0n) is 20.2. The van der Waals surface area contributed by atoms with Gasteiger partial charge in [-0.1, -0.05) is 31.4 Å². The SMILES string of the molecule is O=C(NC1(C(=O)NCCCCC(=O)c2nc3ccccc3o2)CCCCC1)c1ccc(C(F)(F)F)cc1. The second kappa shape index (κ2) is 11.1. The molecule has 1 heterocycles. The number of Topliss-reactive ketones (excluding diaryl/α,β-unsaturated/α-hetero) is 1. The van der Waals surface area contributed by atoms with Crippen LogP contribution in [-0.2, 0) is 11.0 Å². The Hall–Kier alpha value is -3.69. The summed E-state index contributed by atoms with van der Waals surface area (Å²) in [6, 6.07) is 11.0. The van der Waals surface area contributed by atoms with Crippen molar-refractivity contribution < 1.29 is 32.0 Å². The minimum Gasteiger partial charge on any atom is -0.434 e. The summed E-state index contributed by atoms with van der Waals surface area (Å²) in [6.45, 7) is 0.317. The molecule has 0 unspecified atom stereocenters. The van der Waals surface area contributed by atoms with Crippen LogP contribution in [0.5, 0.6) is 0 Å². The lowest BCUT2D eigenvalue weighted by Crippen LogP contribution is -2.59. The van der Waals surface area contributed by atoms with Crippen molar-refractivity contribution in [3.8, 4) is 0 Å². The van der Waals surface area contributed by atoms with E-state index < -0.39 is 23.2 Å². The lowest BCUT2D eigenvalue weighted by atomic mass is 9.80. The molecule has 0 saturated heterocycles. The van der Waals surface area contributed by atoms with Gasteiger partial charge in [0.15, 0.2) is 5.58 Å². The molecule has 7 nitrogen and oxygen atoms in total. The number of rotatable bonds is 9. The normalized spacial score (nSPS) is 15.3. The monoisotopic (exact) mass is 515 g/mol. The molecule has 3 aromatic rings. The van der Waals surface area contributed by atoms with E-state index in [1.807, 2.05) is 6.07 Å². The Morgan fingerprint density at radius 1 is 0.946 bits per heavy atom. The van der Waals surface area contributed by atoms with Gasteiger partial charge in [-0.25, -0.2) is 4.98 Å². The summed E-state index contributed by atoms with van der Waals surface area (Å²) in [6.07, 6.45) is 0.111. The van der Waals surface area contributed by atoms with Gasteiger partial charge in [0.1, 0.15) is 11.1 Å². The molecule has 10 heteroatoms. The molecule has 2 N–H and O–H groups in total. The first-order valence-corrected chi connectivity index (χ1v) is 12.3. The van der Waals surface area contributed by atoms with Crippen molar-refractivity contribution in [3.05, 3.63) is 65.5 Å². The fourth-order valence-electron chi connectivity index (χ4n) is 4.54. The van der Waals surface area contributed by atoms with Gasteiger partial charge in [-0.15, -0.1) is 0 Å². The molecule has 37 heavy (non-hydrogen) atoms. The van der Waals surface area contributed by atoms with E-state index in [1.165, 1.54) is 0 Å². The number of para-hydroxylation sites is 2. The molecule has 4 rings (SSSR count). The van der Waals surface area contributed by atoms with E-state index in [9.17, 15) is 27.6 Å². The highest BCUT2D eigenvalue weighted by Gasteiger charge is 2.41. The number of alkyl halides is 3. The smallest absolute Gasteiger partial charge is 0.416 e. The molecule has 1 aliphatic rings. The summed E-state index contributed by atoms with van der Waals surface area (Å²) in [5, 5.41) is 5.65. The fourth-order valence-corrected chi connectivity index (χ4v) is 4.54. The van der Waals surface area contributed by atoms with Crippen LogP contribution in [0.15, 0.2) is 52.9 Å². The molecule has 0 radical (unpaired) electrons. The number of nitrogens with zero attached hydrogens (tertiary/aromatic N) is 1. The maximum absolute atomic E-state index is 13.1. The summed E-state index contributed by atoms with van der Waals surface area (Å²) in [7, 11) is 0. The van der Waals surface area contributed by atoms with Crippen molar-refractivity contribution in [1.29, 1.82) is 0 Å². The third kappa shape index (κ3) is 6.36. The molecule has 0 aliphatic heterocycles. The summed E-state index contributed by atoms with van der Waals surface area (Å²) < 4.78 is 44.0. The maximum atomic E-state index is 13.1. The molecule has 0 atom stereocenters. The number of oxazole rings is 1. The number of fused-ring (bicyclic) bond motifs is 1. The minimum atomic E-state index is -4.49. The summed E-state index contributed by atoms with van der Waals surface area (Å²) in [4.78, 5) is 42.5. The average Bonchev–Trinajstić information content (AvgIpc) is 3.33. The maximum Gasteiger partial charge on any atom is 0.416 e. The van der Waals surface area contributed by atoms with Gasteiger partial charge in [0.2, 0.25) is 11.7 Å².